The second-order valence-electron chi connectivity index (χ2n) is 36.4. The fourth-order valence-electron chi connectivity index (χ4n) is 21.0. The van der Waals surface area contributed by atoms with Gasteiger partial charge in [0.1, 0.15) is 11.2 Å². The van der Waals surface area contributed by atoms with E-state index >= 15 is 0 Å². The van der Waals surface area contributed by atoms with E-state index < -0.39 is 5.41 Å². The zero-order valence-electron chi connectivity index (χ0n) is 78.8. The Morgan fingerprint density at radius 3 is 0.863 bits per heavy atom. The van der Waals surface area contributed by atoms with Gasteiger partial charge in [-0.05, 0) is 180 Å². The maximum atomic E-state index is 6.33. The molecule has 12 heteroatoms. The Morgan fingerprint density at radius 1 is 0.171 bits per heavy atom. The predicted molar refractivity (Wildman–Crippen MR) is 598 cm³/mol. The molecule has 0 bridgehead atoms. The lowest BCUT2D eigenvalue weighted by molar-refractivity contribution is 0.624. The van der Waals surface area contributed by atoms with Gasteiger partial charge in [0.15, 0.2) is 63.9 Å². The number of nitrogens with zero attached hydrogens (tertiary/aromatic N) is 9. The zero-order chi connectivity index (χ0) is 96.8. The van der Waals surface area contributed by atoms with Crippen LogP contribution in [0.5, 0.6) is 0 Å². The van der Waals surface area contributed by atoms with Gasteiger partial charge in [-0.1, -0.05) is 473 Å². The van der Waals surface area contributed by atoms with E-state index in [9.17, 15) is 0 Å². The number of thiophene rings is 1. The number of hydrogen-bond acceptors (Lipinski definition) is 12. The quantitative estimate of drug-likeness (QED) is 0.0853. The van der Waals surface area contributed by atoms with Gasteiger partial charge in [0, 0.05) is 48.9 Å². The van der Waals surface area contributed by atoms with E-state index in [-0.39, 0.29) is 0 Å². The molecule has 0 unspecified atom stereocenters. The van der Waals surface area contributed by atoms with Crippen LogP contribution in [-0.2, 0) is 5.41 Å². The summed E-state index contributed by atoms with van der Waals surface area (Å²) in [5, 5.41) is 12.7. The molecule has 0 amide bonds. The van der Waals surface area contributed by atoms with E-state index in [0.29, 0.717) is 63.9 Å². The van der Waals surface area contributed by atoms with Gasteiger partial charge in [-0.15, -0.1) is 11.3 Å². The molecule has 0 saturated heterocycles. The first-order chi connectivity index (χ1) is 72.3. The molecule has 684 valence electrons. The third-order valence-corrected chi connectivity index (χ3v) is 28.8. The van der Waals surface area contributed by atoms with Gasteiger partial charge in [-0.3, -0.25) is 0 Å². The highest BCUT2D eigenvalue weighted by atomic mass is 32.1. The number of fused-ring (bicyclic) bond motifs is 10. The minimum atomic E-state index is -0.533. The van der Waals surface area contributed by atoms with Crippen LogP contribution in [0.15, 0.2) is 524 Å². The SMILES string of the molecule is c1ccc(-c2ccc(-c3nc(-c4ccc(-c5c6ccccc6c(-c6ccccc6)c6ccccc56)cc4)nc(-c4cc5ccccc5o4)n3)cc2)cc1.c1ccc(-c2ccc(-c3nc(-c4ccc5c(c4)C(c4ccccc4)(c4ccccc4)c4ccccc4-5)nc(-c4cc5ccccc5o4)n3)cc2)cc1.c1ccc(-c2nc(-c3cc4ccccc4s3)nc(-c3c4ccccc4c(-c4ccccc4)c4ccccc34)n2)cc1. The summed E-state index contributed by atoms with van der Waals surface area (Å²) < 4.78 is 13.8. The van der Waals surface area contributed by atoms with Crippen molar-refractivity contribution in [2.45, 2.75) is 5.41 Å². The number of benzene rings is 21. The minimum absolute atomic E-state index is 0.490. The highest BCUT2D eigenvalue weighted by Gasteiger charge is 2.46. The monoisotopic (exact) mass is 1880 g/mol. The Labute approximate surface area is 846 Å². The lowest BCUT2D eigenvalue weighted by Crippen LogP contribution is -2.28. The smallest absolute Gasteiger partial charge is 0.199 e. The van der Waals surface area contributed by atoms with Crippen molar-refractivity contribution < 1.29 is 8.83 Å². The van der Waals surface area contributed by atoms with Crippen molar-refractivity contribution in [2.75, 3.05) is 0 Å². The van der Waals surface area contributed by atoms with E-state index in [1.165, 1.54) is 104 Å². The van der Waals surface area contributed by atoms with E-state index in [1.807, 2.05) is 91.0 Å². The minimum Gasteiger partial charge on any atom is -0.453 e. The molecule has 21 aromatic carbocycles. The summed E-state index contributed by atoms with van der Waals surface area (Å²) in [6, 6.07) is 180. The molecule has 28 rings (SSSR count). The highest BCUT2D eigenvalue weighted by Crippen LogP contribution is 2.58. The Balaban J connectivity index is 0.000000112. The van der Waals surface area contributed by atoms with Gasteiger partial charge in [-0.25, -0.2) is 44.9 Å². The van der Waals surface area contributed by atoms with Crippen molar-refractivity contribution in [2.24, 2.45) is 0 Å². The maximum Gasteiger partial charge on any atom is 0.199 e. The second kappa shape index (κ2) is 37.7. The first kappa shape index (κ1) is 87.0. The molecule has 6 heterocycles. The molecule has 6 aromatic heterocycles. The number of hydrogen-bond donors (Lipinski definition) is 0. The summed E-state index contributed by atoms with van der Waals surface area (Å²) in [5.74, 6) is 6.56. The van der Waals surface area contributed by atoms with Crippen LogP contribution >= 0.6 is 11.3 Å². The fraction of sp³-hybridized carbons (Fsp3) is 0.00746. The Kier molecular flexibility index (Phi) is 22.5. The summed E-state index contributed by atoms with van der Waals surface area (Å²) in [6.07, 6.45) is 0. The zero-order valence-corrected chi connectivity index (χ0v) is 79.6. The lowest BCUT2D eigenvalue weighted by Gasteiger charge is -2.34. The summed E-state index contributed by atoms with van der Waals surface area (Å²) in [6.45, 7) is 0. The van der Waals surface area contributed by atoms with E-state index in [4.69, 9.17) is 53.7 Å². The van der Waals surface area contributed by atoms with Crippen LogP contribution in [0.1, 0.15) is 22.3 Å². The third-order valence-electron chi connectivity index (χ3n) is 27.7. The topological polar surface area (TPSA) is 142 Å². The van der Waals surface area contributed by atoms with Gasteiger partial charge in [0.2, 0.25) is 0 Å². The van der Waals surface area contributed by atoms with E-state index in [0.717, 1.165) is 98.8 Å². The summed E-state index contributed by atoms with van der Waals surface area (Å²) in [7, 11) is 0. The van der Waals surface area contributed by atoms with E-state index in [2.05, 4.69) is 425 Å². The number of para-hydroxylation sites is 2. The fourth-order valence-corrected chi connectivity index (χ4v) is 22.0. The second-order valence-corrected chi connectivity index (χ2v) is 37.5. The lowest BCUT2D eigenvalue weighted by atomic mass is 9.67. The van der Waals surface area contributed by atoms with Crippen LogP contribution in [0.3, 0.4) is 0 Å². The molecular weight excluding hydrogens is 1800 g/mol. The number of rotatable bonds is 16. The Morgan fingerprint density at radius 2 is 0.445 bits per heavy atom. The molecule has 0 N–H and O–H groups in total. The van der Waals surface area contributed by atoms with Crippen LogP contribution < -0.4 is 0 Å². The molecule has 11 nitrogen and oxygen atoms in total. The van der Waals surface area contributed by atoms with Gasteiger partial charge in [0.05, 0.1) is 10.3 Å². The van der Waals surface area contributed by atoms with Crippen molar-refractivity contribution in [3.05, 3.63) is 538 Å². The van der Waals surface area contributed by atoms with Crippen LogP contribution in [0.2, 0.25) is 0 Å². The summed E-state index contributed by atoms with van der Waals surface area (Å²) in [4.78, 5) is 46.6. The average Bonchev–Trinajstić information content (AvgIpc) is 1.53. The molecule has 0 spiro atoms. The molecule has 146 heavy (non-hydrogen) atoms. The molecule has 0 atom stereocenters. The summed E-state index contributed by atoms with van der Waals surface area (Å²) >= 11 is 1.71. The first-order valence-electron chi connectivity index (χ1n) is 48.9. The van der Waals surface area contributed by atoms with Crippen LogP contribution in [0, 0.1) is 0 Å². The normalized spacial score (nSPS) is 11.9. The van der Waals surface area contributed by atoms with E-state index in [1.54, 1.807) is 11.3 Å². The standard InChI is InChI=1S/C49H31N3O.C48H31N3O.C37H23N3S/c1-3-13-32(14-4-1)33-23-27-36(28-24-33)47-50-48(52-49(51-47)44-31-38-17-7-12-22-43(38)53-44)37-29-25-35(26-30-37)46-41-20-10-8-18-39(41)45(34-15-5-2-6-16-34)40-19-9-11-21-42(40)46;1-4-14-32(15-5-1)33-24-26-34(27-25-33)45-49-46(51-47(50-45)44-31-35-16-10-13-23-43(35)52-44)36-28-29-40-39-21-11-12-22-41(39)48(42(40)30-36,37-17-6-2-7-18-37)38-19-8-3-9-20-38;1-3-13-24(14-4-1)33-27-18-8-10-20-29(27)34(30-21-11-9-19-28(30)33)37-39-35(25-15-5-2-6-16-25)38-36(40-37)32-23-26-17-7-12-22-31(26)41-32/h1-31H;1-31H;1-23H. The molecule has 0 saturated carbocycles. The van der Waals surface area contributed by atoms with Gasteiger partial charge >= 0.3 is 0 Å². The molecule has 0 fully saturated rings. The molecule has 1 aliphatic carbocycles. The third kappa shape index (κ3) is 16.2. The van der Waals surface area contributed by atoms with Crippen molar-refractivity contribution in [1.82, 2.24) is 44.9 Å². The molecular formula is C134H85N9O2S. The molecule has 1 aliphatic rings. The predicted octanol–water partition coefficient (Wildman–Crippen LogP) is 34.6. The molecule has 0 aliphatic heterocycles. The van der Waals surface area contributed by atoms with Crippen molar-refractivity contribution in [3.8, 4) is 169 Å². The first-order valence-corrected chi connectivity index (χ1v) is 49.7. The van der Waals surface area contributed by atoms with Gasteiger partial charge < -0.3 is 8.83 Å². The highest BCUT2D eigenvalue weighted by molar-refractivity contribution is 7.22. The molecule has 0 radical (unpaired) electrons. The van der Waals surface area contributed by atoms with Crippen LogP contribution in [0.25, 0.3) is 244 Å². The Bertz CT molecular complexity index is 9340. The van der Waals surface area contributed by atoms with Crippen LogP contribution in [-0.4, -0.2) is 44.9 Å². The average molecular weight is 1890 g/mol. The van der Waals surface area contributed by atoms with Crippen molar-refractivity contribution >= 4 is 86.5 Å². The van der Waals surface area contributed by atoms with Crippen molar-refractivity contribution in [3.63, 3.8) is 0 Å². The van der Waals surface area contributed by atoms with Crippen LogP contribution in [0.4, 0.5) is 0 Å². The molecule has 27 aromatic rings. The largest absolute Gasteiger partial charge is 0.453 e. The van der Waals surface area contributed by atoms with Gasteiger partial charge in [0.25, 0.3) is 0 Å². The number of furan rings is 2. The summed E-state index contributed by atoms with van der Waals surface area (Å²) in [5.41, 5.74) is 25.8. The Hall–Kier alpha value is -19.3. The van der Waals surface area contributed by atoms with Gasteiger partial charge in [-0.2, -0.15) is 0 Å². The maximum absolute atomic E-state index is 6.33. The number of aromatic nitrogens is 9. The van der Waals surface area contributed by atoms with Crippen molar-refractivity contribution in [1.29, 1.82) is 0 Å².